The zero-order chi connectivity index (χ0) is 29.0. The molecular formula is C37H42O3. The third-order valence-corrected chi connectivity index (χ3v) is 7.26. The fraction of sp³-hybridized carbons (Fsp3) is 0.324. The molecular weight excluding hydrogens is 492 g/mol. The maximum Gasteiger partial charge on any atom is 0.133 e. The zero-order valence-corrected chi connectivity index (χ0v) is 25.3. The number of carbonyl (C=O) groups is 1. The van der Waals surface area contributed by atoms with Gasteiger partial charge in [-0.1, -0.05) is 36.4 Å². The van der Waals surface area contributed by atoms with Gasteiger partial charge in [-0.05, 0) is 148 Å². The molecule has 0 atom stereocenters. The molecule has 0 radical (unpaired) electrons. The van der Waals surface area contributed by atoms with Crippen molar-refractivity contribution in [2.75, 3.05) is 0 Å². The topological polar surface area (TPSA) is 35.5 Å². The van der Waals surface area contributed by atoms with Gasteiger partial charge >= 0.3 is 0 Å². The number of carbonyl (C=O) groups excluding carboxylic acids is 1. The smallest absolute Gasteiger partial charge is 0.133 e. The third-order valence-electron chi connectivity index (χ3n) is 7.26. The maximum absolute atomic E-state index is 12.8. The molecule has 4 rings (SSSR count). The number of ether oxygens (including phenoxy) is 2. The van der Waals surface area contributed by atoms with Crippen LogP contribution in [0.3, 0.4) is 0 Å². The summed E-state index contributed by atoms with van der Waals surface area (Å²) in [5.41, 5.74) is 11.5. The van der Waals surface area contributed by atoms with Crippen LogP contribution in [0.2, 0.25) is 0 Å². The van der Waals surface area contributed by atoms with E-state index >= 15 is 0 Å². The molecule has 208 valence electrons. The molecule has 0 N–H and O–H groups in total. The summed E-state index contributed by atoms with van der Waals surface area (Å²) < 4.78 is 12.5. The van der Waals surface area contributed by atoms with E-state index in [0.717, 1.165) is 58.1 Å². The highest BCUT2D eigenvalue weighted by atomic mass is 16.5. The number of Topliss-reactive ketones (excluding diaryl/α,β-unsaturated/α-hetero) is 1. The first-order valence-corrected chi connectivity index (χ1v) is 14.2. The molecule has 3 nitrogen and oxygen atoms in total. The summed E-state index contributed by atoms with van der Waals surface area (Å²) in [5, 5.41) is 0. The summed E-state index contributed by atoms with van der Waals surface area (Å²) in [7, 11) is 0. The van der Waals surface area contributed by atoms with Gasteiger partial charge in [0.25, 0.3) is 0 Å². The number of aryl methyl sites for hydroxylation is 10. The first kappa shape index (κ1) is 29.1. The molecule has 4 aromatic rings. The molecule has 0 spiro atoms. The van der Waals surface area contributed by atoms with E-state index in [1.807, 2.05) is 0 Å². The molecule has 0 aromatic heterocycles. The average Bonchev–Trinajstić information content (AvgIpc) is 2.85. The predicted octanol–water partition coefficient (Wildman–Crippen LogP) is 9.87. The quantitative estimate of drug-likeness (QED) is 0.203. The predicted molar refractivity (Wildman–Crippen MR) is 165 cm³/mol. The maximum atomic E-state index is 12.8. The number of hydrogen-bond donors (Lipinski definition) is 0. The Morgan fingerprint density at radius 2 is 0.775 bits per heavy atom. The lowest BCUT2D eigenvalue weighted by Crippen LogP contribution is -2.04. The Morgan fingerprint density at radius 1 is 0.475 bits per heavy atom. The fourth-order valence-corrected chi connectivity index (χ4v) is 5.60. The van der Waals surface area contributed by atoms with Crippen molar-refractivity contribution in [1.29, 1.82) is 0 Å². The molecule has 0 aliphatic rings. The number of rotatable bonds is 10. The molecule has 0 aliphatic carbocycles. The summed E-state index contributed by atoms with van der Waals surface area (Å²) in [6.07, 6.45) is 2.57. The van der Waals surface area contributed by atoms with Gasteiger partial charge in [0.05, 0.1) is 0 Å². The summed E-state index contributed by atoms with van der Waals surface area (Å²) in [6.45, 7) is 16.6. The van der Waals surface area contributed by atoms with E-state index in [4.69, 9.17) is 9.47 Å². The summed E-state index contributed by atoms with van der Waals surface area (Å²) in [4.78, 5) is 12.8. The second-order valence-corrected chi connectivity index (χ2v) is 11.5. The first-order valence-electron chi connectivity index (χ1n) is 14.2. The molecule has 0 bridgehead atoms. The Kier molecular flexibility index (Phi) is 9.14. The van der Waals surface area contributed by atoms with Crippen LogP contribution in [0, 0.1) is 55.4 Å². The second kappa shape index (κ2) is 12.6. The number of ketones is 1. The largest absolute Gasteiger partial charge is 0.457 e. The first-order chi connectivity index (χ1) is 19.0. The van der Waals surface area contributed by atoms with Gasteiger partial charge in [-0.3, -0.25) is 4.79 Å². The van der Waals surface area contributed by atoms with E-state index in [1.54, 1.807) is 0 Å². The van der Waals surface area contributed by atoms with Gasteiger partial charge in [-0.15, -0.1) is 0 Å². The van der Waals surface area contributed by atoms with Gasteiger partial charge in [-0.2, -0.15) is 0 Å². The van der Waals surface area contributed by atoms with Crippen molar-refractivity contribution in [2.24, 2.45) is 0 Å². The highest BCUT2D eigenvalue weighted by molar-refractivity contribution is 5.79. The zero-order valence-electron chi connectivity index (χ0n) is 25.3. The molecule has 0 unspecified atom stereocenters. The fourth-order valence-electron chi connectivity index (χ4n) is 5.60. The van der Waals surface area contributed by atoms with Gasteiger partial charge < -0.3 is 9.47 Å². The third kappa shape index (κ3) is 7.63. The van der Waals surface area contributed by atoms with Gasteiger partial charge in [0.1, 0.15) is 28.8 Å². The van der Waals surface area contributed by atoms with Crippen molar-refractivity contribution in [3.05, 3.63) is 116 Å². The van der Waals surface area contributed by atoms with E-state index in [1.165, 1.54) is 33.4 Å². The lowest BCUT2D eigenvalue weighted by Gasteiger charge is -2.15. The summed E-state index contributed by atoms with van der Waals surface area (Å²) >= 11 is 0. The molecule has 0 aliphatic heterocycles. The van der Waals surface area contributed by atoms with Gasteiger partial charge in [0.2, 0.25) is 0 Å². The van der Waals surface area contributed by atoms with Crippen LogP contribution >= 0.6 is 0 Å². The molecule has 4 aromatic carbocycles. The Balaban J connectivity index is 1.34. The van der Waals surface area contributed by atoms with Crippen LogP contribution in [-0.4, -0.2) is 5.78 Å². The molecule has 3 heteroatoms. The molecule has 0 fully saturated rings. The van der Waals surface area contributed by atoms with Crippen LogP contribution in [0.1, 0.15) is 68.5 Å². The van der Waals surface area contributed by atoms with E-state index in [0.29, 0.717) is 12.8 Å². The SMILES string of the molecule is Cc1cc(C)cc(Oc2c(C)cc(CCC(=O)CCc3cc(C)c(Oc4cc(C)cc(C)c4)c(C)c3)cc2C)c1. The van der Waals surface area contributed by atoms with Gasteiger partial charge in [0.15, 0.2) is 0 Å². The van der Waals surface area contributed by atoms with E-state index in [9.17, 15) is 4.79 Å². The highest BCUT2D eigenvalue weighted by Crippen LogP contribution is 2.33. The van der Waals surface area contributed by atoms with Crippen LogP contribution in [0.15, 0.2) is 60.7 Å². The highest BCUT2D eigenvalue weighted by Gasteiger charge is 2.12. The number of benzene rings is 4. The van der Waals surface area contributed by atoms with Crippen LogP contribution in [0.25, 0.3) is 0 Å². The minimum Gasteiger partial charge on any atom is -0.457 e. The van der Waals surface area contributed by atoms with Crippen LogP contribution < -0.4 is 9.47 Å². The molecule has 0 saturated carbocycles. The average molecular weight is 535 g/mol. The summed E-state index contributed by atoms with van der Waals surface area (Å²) in [5.74, 6) is 3.81. The van der Waals surface area contributed by atoms with Gasteiger partial charge in [-0.25, -0.2) is 0 Å². The van der Waals surface area contributed by atoms with Crippen molar-refractivity contribution >= 4 is 5.78 Å². The number of hydrogen-bond acceptors (Lipinski definition) is 3. The normalized spacial score (nSPS) is 11.0. The molecule has 0 heterocycles. The monoisotopic (exact) mass is 534 g/mol. The van der Waals surface area contributed by atoms with Crippen molar-refractivity contribution in [3.8, 4) is 23.0 Å². The summed E-state index contributed by atoms with van der Waals surface area (Å²) in [6, 6.07) is 21.1. The van der Waals surface area contributed by atoms with E-state index in [2.05, 4.69) is 116 Å². The minimum absolute atomic E-state index is 0.289. The lowest BCUT2D eigenvalue weighted by atomic mass is 9.97. The minimum atomic E-state index is 0.289. The molecule has 40 heavy (non-hydrogen) atoms. The Morgan fingerprint density at radius 3 is 1.07 bits per heavy atom. The standard InChI is InChI=1S/C37H42O3/c1-23-13-24(2)16-34(15-23)39-36-27(5)19-31(20-28(36)6)9-11-33(38)12-10-32-21-29(7)37(30(8)22-32)40-35-17-25(3)14-26(4)18-35/h13-22H,9-12H2,1-8H3. The van der Waals surface area contributed by atoms with Gasteiger partial charge in [0, 0.05) is 12.8 Å². The lowest BCUT2D eigenvalue weighted by molar-refractivity contribution is -0.119. The molecule has 0 amide bonds. The van der Waals surface area contributed by atoms with E-state index < -0.39 is 0 Å². The molecule has 0 saturated heterocycles. The Bertz CT molecular complexity index is 1340. The van der Waals surface area contributed by atoms with Crippen molar-refractivity contribution in [1.82, 2.24) is 0 Å². The van der Waals surface area contributed by atoms with Crippen molar-refractivity contribution in [3.63, 3.8) is 0 Å². The van der Waals surface area contributed by atoms with Crippen molar-refractivity contribution < 1.29 is 14.3 Å². The van der Waals surface area contributed by atoms with Crippen LogP contribution in [0.5, 0.6) is 23.0 Å². The Hall–Kier alpha value is -3.85. The van der Waals surface area contributed by atoms with E-state index in [-0.39, 0.29) is 5.78 Å². The Labute approximate surface area is 240 Å². The van der Waals surface area contributed by atoms with Crippen LogP contribution in [0.4, 0.5) is 0 Å². The second-order valence-electron chi connectivity index (χ2n) is 11.5. The van der Waals surface area contributed by atoms with Crippen molar-refractivity contribution in [2.45, 2.75) is 81.1 Å². The van der Waals surface area contributed by atoms with Crippen LogP contribution in [-0.2, 0) is 17.6 Å².